The molecule has 0 aliphatic heterocycles. The van der Waals surface area contributed by atoms with Crippen molar-refractivity contribution in [1.82, 2.24) is 0 Å². The minimum absolute atomic E-state index is 0.0581. The van der Waals surface area contributed by atoms with E-state index in [0.717, 1.165) is 24.2 Å². The van der Waals surface area contributed by atoms with Gasteiger partial charge in [0.05, 0.1) is 11.6 Å². The number of halogens is 1. The van der Waals surface area contributed by atoms with Crippen molar-refractivity contribution in [3.8, 4) is 5.75 Å². The lowest BCUT2D eigenvalue weighted by Gasteiger charge is -2.12. The van der Waals surface area contributed by atoms with Crippen molar-refractivity contribution in [2.24, 2.45) is 5.73 Å². The van der Waals surface area contributed by atoms with Gasteiger partial charge in [0.25, 0.3) is 0 Å². The average Bonchev–Trinajstić information content (AvgIpc) is 2.26. The van der Waals surface area contributed by atoms with E-state index in [1.165, 1.54) is 0 Å². The van der Waals surface area contributed by atoms with Crippen molar-refractivity contribution < 1.29 is 4.74 Å². The van der Waals surface area contributed by atoms with E-state index in [-0.39, 0.29) is 6.04 Å². The van der Waals surface area contributed by atoms with E-state index in [9.17, 15) is 0 Å². The Hall–Kier alpha value is -0.730. The fourth-order valence-electron chi connectivity index (χ4n) is 1.31. The van der Waals surface area contributed by atoms with Crippen LogP contribution >= 0.6 is 11.6 Å². The van der Waals surface area contributed by atoms with Gasteiger partial charge >= 0.3 is 0 Å². The first-order valence-corrected chi connectivity index (χ1v) is 5.74. The maximum absolute atomic E-state index is 6.09. The molecule has 0 aliphatic rings. The molecule has 0 fully saturated rings. The van der Waals surface area contributed by atoms with Gasteiger partial charge in [-0.25, -0.2) is 0 Å². The Kier molecular flexibility index (Phi) is 4.92. The third-order valence-electron chi connectivity index (χ3n) is 2.29. The molecular weight excluding hydrogens is 210 g/mol. The van der Waals surface area contributed by atoms with Gasteiger partial charge in [0.2, 0.25) is 0 Å². The molecule has 0 heterocycles. The minimum Gasteiger partial charge on any atom is -0.492 e. The molecule has 0 spiro atoms. The summed E-state index contributed by atoms with van der Waals surface area (Å²) in [6.45, 7) is 4.81. The van der Waals surface area contributed by atoms with Crippen molar-refractivity contribution in [3.05, 3.63) is 28.8 Å². The summed E-state index contributed by atoms with van der Waals surface area (Å²) in [5.41, 5.74) is 6.98. The highest BCUT2D eigenvalue weighted by atomic mass is 35.5. The summed E-state index contributed by atoms with van der Waals surface area (Å²) >= 11 is 6.09. The zero-order valence-corrected chi connectivity index (χ0v) is 10.1. The summed E-state index contributed by atoms with van der Waals surface area (Å²) in [6, 6.07) is 5.82. The minimum atomic E-state index is 0.0581. The van der Waals surface area contributed by atoms with Crippen molar-refractivity contribution >= 4 is 11.6 Å². The summed E-state index contributed by atoms with van der Waals surface area (Å²) < 4.78 is 5.48. The molecule has 3 heteroatoms. The maximum Gasteiger partial charge on any atom is 0.137 e. The molecular formula is C12H18ClNO. The van der Waals surface area contributed by atoms with Crippen molar-refractivity contribution in [2.75, 3.05) is 6.61 Å². The zero-order chi connectivity index (χ0) is 11.3. The normalized spacial score (nSPS) is 12.5. The van der Waals surface area contributed by atoms with Crippen LogP contribution < -0.4 is 10.5 Å². The molecule has 0 amide bonds. The van der Waals surface area contributed by atoms with Crippen LogP contribution in [0.3, 0.4) is 0 Å². The van der Waals surface area contributed by atoms with E-state index < -0.39 is 0 Å². The third kappa shape index (κ3) is 3.40. The molecule has 84 valence electrons. The fourth-order valence-corrected chi connectivity index (χ4v) is 1.56. The van der Waals surface area contributed by atoms with Gasteiger partial charge in [-0.2, -0.15) is 0 Å². The van der Waals surface area contributed by atoms with Crippen LogP contribution in [-0.4, -0.2) is 6.61 Å². The molecule has 0 radical (unpaired) electrons. The van der Waals surface area contributed by atoms with E-state index in [1.807, 2.05) is 18.2 Å². The number of hydrogen-bond donors (Lipinski definition) is 1. The molecule has 0 unspecified atom stereocenters. The Morgan fingerprint density at radius 2 is 2.13 bits per heavy atom. The summed E-state index contributed by atoms with van der Waals surface area (Å²) in [5, 5.41) is 0.643. The van der Waals surface area contributed by atoms with Crippen LogP contribution in [0.2, 0.25) is 5.02 Å². The number of ether oxygens (including phenoxy) is 1. The summed E-state index contributed by atoms with van der Waals surface area (Å²) in [4.78, 5) is 0. The molecule has 0 bridgehead atoms. The second kappa shape index (κ2) is 5.99. The Morgan fingerprint density at radius 1 is 1.40 bits per heavy atom. The predicted octanol–water partition coefficient (Wildman–Crippen LogP) is 3.54. The maximum atomic E-state index is 6.09. The van der Waals surface area contributed by atoms with Gasteiger partial charge in [0.1, 0.15) is 5.75 Å². The Morgan fingerprint density at radius 3 is 2.67 bits per heavy atom. The second-order valence-corrected chi connectivity index (χ2v) is 3.96. The van der Waals surface area contributed by atoms with Gasteiger partial charge in [-0.3, -0.25) is 0 Å². The van der Waals surface area contributed by atoms with Crippen molar-refractivity contribution in [2.45, 2.75) is 32.7 Å². The van der Waals surface area contributed by atoms with Gasteiger partial charge in [-0.05, 0) is 30.5 Å². The molecule has 1 rings (SSSR count). The van der Waals surface area contributed by atoms with Gasteiger partial charge in [0.15, 0.2) is 0 Å². The fraction of sp³-hybridized carbons (Fsp3) is 0.500. The SMILES string of the molecule is CCCOc1ccc([C@H](N)CC)cc1Cl. The number of benzene rings is 1. The number of nitrogens with two attached hydrogens (primary N) is 1. The number of rotatable bonds is 5. The predicted molar refractivity (Wildman–Crippen MR) is 64.5 cm³/mol. The quantitative estimate of drug-likeness (QED) is 0.835. The van der Waals surface area contributed by atoms with E-state index in [4.69, 9.17) is 22.1 Å². The van der Waals surface area contributed by atoms with Crippen LogP contribution in [-0.2, 0) is 0 Å². The Bertz CT molecular complexity index is 314. The van der Waals surface area contributed by atoms with E-state index >= 15 is 0 Å². The first-order valence-electron chi connectivity index (χ1n) is 5.36. The Balaban J connectivity index is 2.78. The van der Waals surface area contributed by atoms with Gasteiger partial charge in [-0.15, -0.1) is 0 Å². The van der Waals surface area contributed by atoms with E-state index in [0.29, 0.717) is 11.6 Å². The molecule has 2 nitrogen and oxygen atoms in total. The number of hydrogen-bond acceptors (Lipinski definition) is 2. The highest BCUT2D eigenvalue weighted by Crippen LogP contribution is 2.28. The molecule has 0 aromatic heterocycles. The lowest BCUT2D eigenvalue weighted by atomic mass is 10.1. The molecule has 0 saturated carbocycles. The molecule has 0 saturated heterocycles. The first-order chi connectivity index (χ1) is 7.19. The largest absolute Gasteiger partial charge is 0.492 e. The van der Waals surface area contributed by atoms with Gasteiger partial charge in [0, 0.05) is 6.04 Å². The standard InChI is InChI=1S/C12H18ClNO/c1-3-7-15-12-6-5-9(8-10(12)13)11(14)4-2/h5-6,8,11H,3-4,7,14H2,1-2H3/t11-/m1/s1. The molecule has 15 heavy (non-hydrogen) atoms. The van der Waals surface area contributed by atoms with Crippen LogP contribution in [0, 0.1) is 0 Å². The van der Waals surface area contributed by atoms with E-state index in [2.05, 4.69) is 13.8 Å². The zero-order valence-electron chi connectivity index (χ0n) is 9.29. The average molecular weight is 228 g/mol. The lowest BCUT2D eigenvalue weighted by molar-refractivity contribution is 0.317. The van der Waals surface area contributed by atoms with Crippen LogP contribution in [0.4, 0.5) is 0 Å². The third-order valence-corrected chi connectivity index (χ3v) is 2.58. The van der Waals surface area contributed by atoms with Crippen LogP contribution in [0.1, 0.15) is 38.3 Å². The summed E-state index contributed by atoms with van der Waals surface area (Å²) in [5.74, 6) is 0.741. The monoisotopic (exact) mass is 227 g/mol. The molecule has 1 aromatic rings. The topological polar surface area (TPSA) is 35.2 Å². The van der Waals surface area contributed by atoms with Crippen molar-refractivity contribution in [3.63, 3.8) is 0 Å². The Labute approximate surface area is 96.4 Å². The molecule has 1 atom stereocenters. The van der Waals surface area contributed by atoms with Crippen LogP contribution in [0.25, 0.3) is 0 Å². The molecule has 2 N–H and O–H groups in total. The van der Waals surface area contributed by atoms with Crippen molar-refractivity contribution in [1.29, 1.82) is 0 Å². The second-order valence-electron chi connectivity index (χ2n) is 3.55. The highest BCUT2D eigenvalue weighted by molar-refractivity contribution is 6.32. The van der Waals surface area contributed by atoms with Crippen LogP contribution in [0.5, 0.6) is 5.75 Å². The highest BCUT2D eigenvalue weighted by Gasteiger charge is 2.07. The molecule has 0 aliphatic carbocycles. The van der Waals surface area contributed by atoms with Gasteiger partial charge in [-0.1, -0.05) is 31.5 Å². The smallest absolute Gasteiger partial charge is 0.137 e. The van der Waals surface area contributed by atoms with Crippen LogP contribution in [0.15, 0.2) is 18.2 Å². The van der Waals surface area contributed by atoms with Gasteiger partial charge < -0.3 is 10.5 Å². The van der Waals surface area contributed by atoms with E-state index in [1.54, 1.807) is 0 Å². The molecule has 1 aromatic carbocycles. The lowest BCUT2D eigenvalue weighted by Crippen LogP contribution is -2.08. The summed E-state index contributed by atoms with van der Waals surface area (Å²) in [6.07, 6.45) is 1.89. The summed E-state index contributed by atoms with van der Waals surface area (Å²) in [7, 11) is 0. The first kappa shape index (κ1) is 12.3.